The van der Waals surface area contributed by atoms with Crippen LogP contribution in [-0.4, -0.2) is 0 Å². The van der Waals surface area contributed by atoms with Gasteiger partial charge in [0, 0.05) is 0 Å². The van der Waals surface area contributed by atoms with Crippen molar-refractivity contribution in [1.82, 2.24) is 0 Å². The minimum Gasteiger partial charge on any atom is -0.197 e. The molecule has 2 aliphatic carbocycles. The van der Waals surface area contributed by atoms with Crippen LogP contribution in [0.1, 0.15) is 25.7 Å². The van der Waals surface area contributed by atoms with Crippen LogP contribution in [0.15, 0.2) is 0 Å². The van der Waals surface area contributed by atoms with Gasteiger partial charge in [-0.1, -0.05) is 12.8 Å². The maximum Gasteiger partial charge on any atom is 0.150 e. The van der Waals surface area contributed by atoms with Crippen molar-refractivity contribution in [3.8, 4) is 12.1 Å². The quantitative estimate of drug-likeness (QED) is 0.523. The molecule has 0 unspecified atom stereocenters. The molecule has 2 aliphatic rings. The first-order valence-electron chi connectivity index (χ1n) is 4.17. The summed E-state index contributed by atoms with van der Waals surface area (Å²) in [4.78, 5) is 0. The average molecular weight is 146 g/mol. The summed E-state index contributed by atoms with van der Waals surface area (Å²) in [6, 6.07) is 4.37. The number of rotatable bonds is 0. The largest absolute Gasteiger partial charge is 0.197 e. The third-order valence-corrected chi connectivity index (χ3v) is 3.20. The highest BCUT2D eigenvalue weighted by atomic mass is 14.7. The minimum atomic E-state index is -0.559. The molecule has 0 aromatic carbocycles. The highest BCUT2D eigenvalue weighted by Crippen LogP contribution is 2.64. The molecular formula is C9H10N2. The van der Waals surface area contributed by atoms with Crippen LogP contribution in [-0.2, 0) is 0 Å². The first-order chi connectivity index (χ1) is 5.35. The fourth-order valence-corrected chi connectivity index (χ4v) is 2.48. The molecule has 0 saturated heterocycles. The number of nitrogens with zero attached hydrogens (tertiary/aromatic N) is 2. The van der Waals surface area contributed by atoms with Gasteiger partial charge >= 0.3 is 0 Å². The first-order valence-corrected chi connectivity index (χ1v) is 4.17. The van der Waals surface area contributed by atoms with Crippen LogP contribution in [0.25, 0.3) is 0 Å². The molecule has 0 radical (unpaired) electrons. The van der Waals surface area contributed by atoms with Crippen molar-refractivity contribution in [2.24, 2.45) is 17.3 Å². The molecule has 0 spiro atoms. The summed E-state index contributed by atoms with van der Waals surface area (Å²) in [7, 11) is 0. The van der Waals surface area contributed by atoms with E-state index in [0.29, 0.717) is 11.8 Å². The van der Waals surface area contributed by atoms with Gasteiger partial charge < -0.3 is 0 Å². The second-order valence-corrected chi connectivity index (χ2v) is 3.59. The molecule has 2 saturated carbocycles. The second kappa shape index (κ2) is 1.98. The van der Waals surface area contributed by atoms with Gasteiger partial charge in [-0.3, -0.25) is 0 Å². The summed E-state index contributed by atoms with van der Waals surface area (Å²) < 4.78 is 0. The summed E-state index contributed by atoms with van der Waals surface area (Å²) >= 11 is 0. The van der Waals surface area contributed by atoms with E-state index in [1.54, 1.807) is 0 Å². The number of hydrogen-bond donors (Lipinski definition) is 0. The van der Waals surface area contributed by atoms with Crippen molar-refractivity contribution in [3.05, 3.63) is 0 Å². The van der Waals surface area contributed by atoms with Gasteiger partial charge in [-0.05, 0) is 24.7 Å². The van der Waals surface area contributed by atoms with Gasteiger partial charge in [-0.15, -0.1) is 0 Å². The molecule has 2 fully saturated rings. The van der Waals surface area contributed by atoms with E-state index in [0.717, 1.165) is 12.8 Å². The third-order valence-electron chi connectivity index (χ3n) is 3.20. The molecule has 2 nitrogen and oxygen atoms in total. The normalized spacial score (nSPS) is 38.0. The van der Waals surface area contributed by atoms with E-state index in [4.69, 9.17) is 10.5 Å². The van der Waals surface area contributed by atoms with Crippen LogP contribution in [0, 0.1) is 39.9 Å². The molecule has 0 heterocycles. The Labute approximate surface area is 66.4 Å². The predicted octanol–water partition coefficient (Wildman–Crippen LogP) is 1.84. The molecule has 0 aliphatic heterocycles. The molecule has 11 heavy (non-hydrogen) atoms. The van der Waals surface area contributed by atoms with E-state index in [-0.39, 0.29) is 0 Å². The molecule has 56 valence electrons. The summed E-state index contributed by atoms with van der Waals surface area (Å²) in [5.41, 5.74) is -0.559. The van der Waals surface area contributed by atoms with Crippen molar-refractivity contribution in [2.75, 3.05) is 0 Å². The number of hydrogen-bond acceptors (Lipinski definition) is 2. The maximum absolute atomic E-state index is 8.81. The van der Waals surface area contributed by atoms with Crippen LogP contribution >= 0.6 is 0 Å². The molecule has 0 aromatic heterocycles. The lowest BCUT2D eigenvalue weighted by Gasteiger charge is -2.03. The Morgan fingerprint density at radius 2 is 1.45 bits per heavy atom. The Kier molecular flexibility index (Phi) is 1.20. The van der Waals surface area contributed by atoms with Crippen LogP contribution in [0.5, 0.6) is 0 Å². The van der Waals surface area contributed by atoms with E-state index in [1.165, 1.54) is 12.8 Å². The smallest absolute Gasteiger partial charge is 0.150 e. The van der Waals surface area contributed by atoms with E-state index in [1.807, 2.05) is 0 Å². The third kappa shape index (κ3) is 0.648. The standard InChI is InChI=1S/C9H10N2/c10-5-9(6-11)7-3-1-2-4-8(7)9/h7-8H,1-4H2/t7-,8-/m0/s1. The molecule has 0 bridgehead atoms. The zero-order valence-corrected chi connectivity index (χ0v) is 6.38. The van der Waals surface area contributed by atoms with E-state index < -0.39 is 5.41 Å². The lowest BCUT2D eigenvalue weighted by molar-refractivity contribution is 0.480. The summed E-state index contributed by atoms with van der Waals surface area (Å²) in [6.45, 7) is 0. The molecule has 2 rings (SSSR count). The zero-order chi connectivity index (χ0) is 7.90. The molecule has 2 heteroatoms. The van der Waals surface area contributed by atoms with Crippen molar-refractivity contribution >= 4 is 0 Å². The van der Waals surface area contributed by atoms with Crippen LogP contribution in [0.3, 0.4) is 0 Å². The molecule has 0 aromatic rings. The lowest BCUT2D eigenvalue weighted by Crippen LogP contribution is -1.95. The molecule has 2 atom stereocenters. The minimum absolute atomic E-state index is 0.422. The van der Waals surface area contributed by atoms with Crippen molar-refractivity contribution in [2.45, 2.75) is 25.7 Å². The zero-order valence-electron chi connectivity index (χ0n) is 6.38. The highest BCUT2D eigenvalue weighted by Gasteiger charge is 2.66. The monoisotopic (exact) mass is 146 g/mol. The van der Waals surface area contributed by atoms with Gasteiger partial charge in [0.1, 0.15) is 5.41 Å². The van der Waals surface area contributed by atoms with E-state index >= 15 is 0 Å². The van der Waals surface area contributed by atoms with Crippen molar-refractivity contribution in [3.63, 3.8) is 0 Å². The summed E-state index contributed by atoms with van der Waals surface area (Å²) in [6.07, 6.45) is 4.64. The van der Waals surface area contributed by atoms with Gasteiger partial charge in [-0.25, -0.2) is 0 Å². The number of fused-ring (bicyclic) bond motifs is 1. The van der Waals surface area contributed by atoms with E-state index in [9.17, 15) is 0 Å². The molecular weight excluding hydrogens is 136 g/mol. The Morgan fingerprint density at radius 3 is 1.82 bits per heavy atom. The summed E-state index contributed by atoms with van der Waals surface area (Å²) in [5, 5.41) is 17.6. The van der Waals surface area contributed by atoms with Crippen LogP contribution < -0.4 is 0 Å². The van der Waals surface area contributed by atoms with Gasteiger partial charge in [0.2, 0.25) is 0 Å². The Balaban J connectivity index is 2.22. The van der Waals surface area contributed by atoms with Gasteiger partial charge in [0.15, 0.2) is 0 Å². The first kappa shape index (κ1) is 6.68. The highest BCUT2D eigenvalue weighted by molar-refractivity contribution is 5.32. The molecule has 0 amide bonds. The van der Waals surface area contributed by atoms with E-state index in [2.05, 4.69) is 12.1 Å². The van der Waals surface area contributed by atoms with Crippen molar-refractivity contribution < 1.29 is 0 Å². The van der Waals surface area contributed by atoms with Gasteiger partial charge in [0.05, 0.1) is 12.1 Å². The topological polar surface area (TPSA) is 47.6 Å². The SMILES string of the molecule is N#CC1(C#N)[C@H]2CCCC[C@@H]21. The van der Waals surface area contributed by atoms with Crippen molar-refractivity contribution in [1.29, 1.82) is 10.5 Å². The van der Waals surface area contributed by atoms with Crippen LogP contribution in [0.2, 0.25) is 0 Å². The molecule has 0 N–H and O–H groups in total. The Bertz CT molecular complexity index is 228. The van der Waals surface area contributed by atoms with Gasteiger partial charge in [-0.2, -0.15) is 10.5 Å². The lowest BCUT2D eigenvalue weighted by atomic mass is 10.0. The van der Waals surface area contributed by atoms with Crippen LogP contribution in [0.4, 0.5) is 0 Å². The summed E-state index contributed by atoms with van der Waals surface area (Å²) in [5.74, 6) is 0.845. The number of nitriles is 2. The maximum atomic E-state index is 8.81. The average Bonchev–Trinajstić information content (AvgIpc) is 2.74. The second-order valence-electron chi connectivity index (χ2n) is 3.59. The Morgan fingerprint density at radius 1 is 1.00 bits per heavy atom. The predicted molar refractivity (Wildman–Crippen MR) is 39.1 cm³/mol. The Hall–Kier alpha value is -1.02. The van der Waals surface area contributed by atoms with Gasteiger partial charge in [0.25, 0.3) is 0 Å². The fourth-order valence-electron chi connectivity index (χ4n) is 2.48. The fraction of sp³-hybridized carbons (Fsp3) is 0.778.